The number of anilines is 1. The number of hydrogen-bond donors (Lipinski definition) is 0. The van der Waals surface area contributed by atoms with Gasteiger partial charge in [0.15, 0.2) is 10.8 Å². The maximum atomic E-state index is 11.6. The fraction of sp³-hybridized carbons (Fsp3) is 0.733. The molecule has 2 bridgehead atoms. The Morgan fingerprint density at radius 3 is 2.85 bits per heavy atom. The van der Waals surface area contributed by atoms with E-state index in [-0.39, 0.29) is 5.97 Å². The number of carbonyl (C=O) groups excluding carboxylic acids is 1. The quantitative estimate of drug-likeness (QED) is 0.800. The van der Waals surface area contributed by atoms with E-state index in [9.17, 15) is 4.79 Å². The van der Waals surface area contributed by atoms with Crippen LogP contribution in [0.1, 0.15) is 41.0 Å². The highest BCUT2D eigenvalue weighted by molar-refractivity contribution is 7.15. The number of carbonyl (C=O) groups is 1. The minimum Gasteiger partial charge on any atom is -0.464 e. The standard InChI is InChI=1S/C15H22N2O2S/c1-9-13(14(18)19-3)16-15(20-9)17(2)8-12-7-10-4-5-11(12)6-10/h10-12H,4-8H2,1-3H3. The van der Waals surface area contributed by atoms with E-state index in [0.717, 1.165) is 34.3 Å². The number of methoxy groups -OCH3 is 1. The van der Waals surface area contributed by atoms with Gasteiger partial charge >= 0.3 is 5.97 Å². The van der Waals surface area contributed by atoms with Crippen molar-refractivity contribution in [2.24, 2.45) is 17.8 Å². The van der Waals surface area contributed by atoms with Gasteiger partial charge < -0.3 is 9.64 Å². The van der Waals surface area contributed by atoms with Crippen LogP contribution in [0.2, 0.25) is 0 Å². The van der Waals surface area contributed by atoms with Crippen LogP contribution in [0.3, 0.4) is 0 Å². The monoisotopic (exact) mass is 294 g/mol. The third-order valence-electron chi connectivity index (χ3n) is 4.88. The molecule has 20 heavy (non-hydrogen) atoms. The first-order valence-electron chi connectivity index (χ1n) is 7.35. The normalized spacial score (nSPS) is 27.9. The molecule has 2 saturated carbocycles. The Morgan fingerprint density at radius 1 is 1.45 bits per heavy atom. The fourth-order valence-electron chi connectivity index (χ4n) is 3.86. The first-order valence-corrected chi connectivity index (χ1v) is 8.17. The van der Waals surface area contributed by atoms with E-state index >= 15 is 0 Å². The van der Waals surface area contributed by atoms with Gasteiger partial charge in [-0.25, -0.2) is 9.78 Å². The molecule has 1 aromatic heterocycles. The maximum Gasteiger partial charge on any atom is 0.357 e. The van der Waals surface area contributed by atoms with E-state index in [1.807, 2.05) is 6.92 Å². The number of aryl methyl sites for hydroxylation is 1. The minimum absolute atomic E-state index is 0.335. The molecular weight excluding hydrogens is 272 g/mol. The lowest BCUT2D eigenvalue weighted by molar-refractivity contribution is 0.0594. The van der Waals surface area contributed by atoms with E-state index in [2.05, 4.69) is 16.9 Å². The van der Waals surface area contributed by atoms with Gasteiger partial charge in [-0.05, 0) is 43.9 Å². The second-order valence-electron chi connectivity index (χ2n) is 6.21. The van der Waals surface area contributed by atoms with E-state index in [1.165, 1.54) is 32.8 Å². The highest BCUT2D eigenvalue weighted by atomic mass is 32.1. The zero-order valence-electron chi connectivity index (χ0n) is 12.4. The number of thiazole rings is 1. The summed E-state index contributed by atoms with van der Waals surface area (Å²) in [6.07, 6.45) is 5.66. The van der Waals surface area contributed by atoms with Crippen molar-refractivity contribution in [3.05, 3.63) is 10.6 Å². The van der Waals surface area contributed by atoms with Gasteiger partial charge in [0.2, 0.25) is 0 Å². The molecule has 0 saturated heterocycles. The molecule has 3 rings (SSSR count). The van der Waals surface area contributed by atoms with Crippen LogP contribution in [-0.2, 0) is 4.74 Å². The number of rotatable bonds is 4. The van der Waals surface area contributed by atoms with E-state index in [0.29, 0.717) is 5.69 Å². The van der Waals surface area contributed by atoms with Crippen molar-refractivity contribution in [3.8, 4) is 0 Å². The van der Waals surface area contributed by atoms with Crippen molar-refractivity contribution < 1.29 is 9.53 Å². The van der Waals surface area contributed by atoms with Crippen molar-refractivity contribution in [1.29, 1.82) is 0 Å². The molecule has 3 unspecified atom stereocenters. The lowest BCUT2D eigenvalue weighted by Crippen LogP contribution is -2.28. The summed E-state index contributed by atoms with van der Waals surface area (Å²) in [7, 11) is 3.49. The highest BCUT2D eigenvalue weighted by Crippen LogP contribution is 2.48. The second-order valence-corrected chi connectivity index (χ2v) is 7.39. The molecule has 5 heteroatoms. The summed E-state index contributed by atoms with van der Waals surface area (Å²) in [6, 6.07) is 0. The number of hydrogen-bond acceptors (Lipinski definition) is 5. The van der Waals surface area contributed by atoms with Gasteiger partial charge in [0, 0.05) is 18.5 Å². The zero-order chi connectivity index (χ0) is 14.3. The first kappa shape index (κ1) is 13.9. The van der Waals surface area contributed by atoms with Gasteiger partial charge in [-0.1, -0.05) is 6.42 Å². The molecule has 0 radical (unpaired) electrons. The average Bonchev–Trinajstić information content (AvgIpc) is 3.12. The minimum atomic E-state index is -0.335. The Bertz CT molecular complexity index is 514. The summed E-state index contributed by atoms with van der Waals surface area (Å²) in [5.41, 5.74) is 0.465. The molecule has 0 N–H and O–H groups in total. The SMILES string of the molecule is COC(=O)c1nc(N(C)CC2CC3CCC2C3)sc1C. The zero-order valence-corrected chi connectivity index (χ0v) is 13.2. The summed E-state index contributed by atoms with van der Waals surface area (Å²) in [5, 5.41) is 0.936. The third kappa shape index (κ3) is 2.43. The molecule has 2 fully saturated rings. The summed E-state index contributed by atoms with van der Waals surface area (Å²) < 4.78 is 4.77. The Morgan fingerprint density at radius 2 is 2.25 bits per heavy atom. The Hall–Kier alpha value is -1.10. The summed E-state index contributed by atoms with van der Waals surface area (Å²) in [4.78, 5) is 19.2. The van der Waals surface area contributed by atoms with Crippen molar-refractivity contribution in [2.45, 2.75) is 32.6 Å². The number of fused-ring (bicyclic) bond motifs is 2. The molecule has 110 valence electrons. The van der Waals surface area contributed by atoms with Crippen LogP contribution in [0.25, 0.3) is 0 Å². The molecule has 2 aliphatic rings. The van der Waals surface area contributed by atoms with E-state index in [4.69, 9.17) is 4.74 Å². The molecule has 0 spiro atoms. The van der Waals surface area contributed by atoms with Gasteiger partial charge in [-0.3, -0.25) is 0 Å². The van der Waals surface area contributed by atoms with E-state index in [1.54, 1.807) is 11.3 Å². The number of nitrogens with zero attached hydrogens (tertiary/aromatic N) is 2. The van der Waals surface area contributed by atoms with E-state index < -0.39 is 0 Å². The van der Waals surface area contributed by atoms with Crippen molar-refractivity contribution in [1.82, 2.24) is 4.98 Å². The number of ether oxygens (including phenoxy) is 1. The van der Waals surface area contributed by atoms with Gasteiger partial charge in [-0.2, -0.15) is 0 Å². The topological polar surface area (TPSA) is 42.4 Å². The predicted octanol–water partition coefficient (Wildman–Crippen LogP) is 3.11. The Labute approximate surface area is 124 Å². The molecule has 3 atom stereocenters. The third-order valence-corrected chi connectivity index (χ3v) is 5.97. The number of esters is 1. The van der Waals surface area contributed by atoms with Crippen LogP contribution in [0.5, 0.6) is 0 Å². The molecule has 0 aliphatic heterocycles. The summed E-state index contributed by atoms with van der Waals surface area (Å²) in [6.45, 7) is 2.99. The van der Waals surface area contributed by atoms with Crippen LogP contribution in [0, 0.1) is 24.7 Å². The molecule has 2 aliphatic carbocycles. The van der Waals surface area contributed by atoms with Crippen LogP contribution in [-0.4, -0.2) is 31.7 Å². The molecule has 4 nitrogen and oxygen atoms in total. The summed E-state index contributed by atoms with van der Waals surface area (Å²) in [5.74, 6) is 2.37. The van der Waals surface area contributed by atoms with Crippen molar-refractivity contribution in [3.63, 3.8) is 0 Å². The molecule has 0 amide bonds. The molecular formula is C15H22N2O2S. The Balaban J connectivity index is 1.68. The molecule has 0 aromatic carbocycles. The fourth-order valence-corrected chi connectivity index (χ4v) is 4.73. The largest absolute Gasteiger partial charge is 0.464 e. The van der Waals surface area contributed by atoms with Crippen molar-refractivity contribution in [2.75, 3.05) is 25.6 Å². The van der Waals surface area contributed by atoms with Crippen LogP contribution < -0.4 is 4.90 Å². The predicted molar refractivity (Wildman–Crippen MR) is 80.4 cm³/mol. The van der Waals surface area contributed by atoms with Gasteiger partial charge in [0.1, 0.15) is 0 Å². The lowest BCUT2D eigenvalue weighted by Gasteiger charge is -2.26. The molecule has 1 aromatic rings. The van der Waals surface area contributed by atoms with Crippen LogP contribution in [0.4, 0.5) is 5.13 Å². The lowest BCUT2D eigenvalue weighted by atomic mass is 9.88. The van der Waals surface area contributed by atoms with Crippen LogP contribution in [0.15, 0.2) is 0 Å². The molecule has 1 heterocycles. The smallest absolute Gasteiger partial charge is 0.357 e. The van der Waals surface area contributed by atoms with Gasteiger partial charge in [-0.15, -0.1) is 11.3 Å². The Kier molecular flexibility index (Phi) is 3.71. The van der Waals surface area contributed by atoms with Gasteiger partial charge in [0.25, 0.3) is 0 Å². The second kappa shape index (κ2) is 5.35. The van der Waals surface area contributed by atoms with Crippen LogP contribution >= 0.6 is 11.3 Å². The summed E-state index contributed by atoms with van der Waals surface area (Å²) >= 11 is 1.58. The number of aromatic nitrogens is 1. The highest BCUT2D eigenvalue weighted by Gasteiger charge is 2.39. The van der Waals surface area contributed by atoms with Gasteiger partial charge in [0.05, 0.1) is 7.11 Å². The first-order chi connectivity index (χ1) is 9.58. The average molecular weight is 294 g/mol. The van der Waals surface area contributed by atoms with Crippen molar-refractivity contribution >= 4 is 22.4 Å². The maximum absolute atomic E-state index is 11.6.